The minimum absolute atomic E-state index is 0.0633. The molecule has 1 amide bonds. The van der Waals surface area contributed by atoms with Gasteiger partial charge in [-0.1, -0.05) is 12.1 Å². The third-order valence-corrected chi connectivity index (χ3v) is 4.70. The maximum Gasteiger partial charge on any atom is 0.416 e. The first kappa shape index (κ1) is 22.6. The molecule has 1 fully saturated rings. The highest BCUT2D eigenvalue weighted by atomic mass is 19.4. The molecule has 0 radical (unpaired) electrons. The Labute approximate surface area is 178 Å². The van der Waals surface area contributed by atoms with Crippen LogP contribution in [0.25, 0.3) is 0 Å². The standard InChI is InChI=1S/C21H23F3N4O3/c1-20(2,3)31-19(29)27-11-17(28-9-8-16(10-25)26-28)18(12-27)30-13-14-4-6-15(7-5-14)21(22,23)24/h4-9,17-18H,11-13H2,1-3H3. The molecule has 166 valence electrons. The third-order valence-electron chi connectivity index (χ3n) is 4.70. The lowest BCUT2D eigenvalue weighted by Crippen LogP contribution is -2.36. The van der Waals surface area contributed by atoms with Crippen LogP contribution < -0.4 is 0 Å². The van der Waals surface area contributed by atoms with Crippen molar-refractivity contribution in [1.82, 2.24) is 14.7 Å². The summed E-state index contributed by atoms with van der Waals surface area (Å²) in [5.74, 6) is 0. The average molecular weight is 436 g/mol. The van der Waals surface area contributed by atoms with Crippen LogP contribution in [0.2, 0.25) is 0 Å². The molecule has 1 aliphatic heterocycles. The van der Waals surface area contributed by atoms with Gasteiger partial charge in [0.15, 0.2) is 5.69 Å². The van der Waals surface area contributed by atoms with Gasteiger partial charge in [-0.3, -0.25) is 4.68 Å². The second-order valence-corrected chi connectivity index (χ2v) is 8.29. The molecule has 2 atom stereocenters. The summed E-state index contributed by atoms with van der Waals surface area (Å²) < 4.78 is 51.2. The third kappa shape index (κ3) is 5.76. The lowest BCUT2D eigenvalue weighted by atomic mass is 10.1. The molecule has 3 rings (SSSR count). The molecule has 1 aliphatic rings. The highest BCUT2D eigenvalue weighted by Gasteiger charge is 2.39. The molecule has 2 unspecified atom stereocenters. The van der Waals surface area contributed by atoms with Crippen LogP contribution in [0.3, 0.4) is 0 Å². The van der Waals surface area contributed by atoms with Gasteiger partial charge in [-0.25, -0.2) is 4.79 Å². The number of nitrogens with zero attached hydrogens (tertiary/aromatic N) is 4. The zero-order valence-electron chi connectivity index (χ0n) is 17.4. The van der Waals surface area contributed by atoms with Crippen LogP contribution in [-0.2, 0) is 22.3 Å². The van der Waals surface area contributed by atoms with Crippen LogP contribution in [-0.4, -0.2) is 45.6 Å². The van der Waals surface area contributed by atoms with E-state index in [9.17, 15) is 18.0 Å². The van der Waals surface area contributed by atoms with E-state index < -0.39 is 29.5 Å². The number of nitriles is 1. The van der Waals surface area contributed by atoms with E-state index in [0.29, 0.717) is 5.56 Å². The predicted octanol–water partition coefficient (Wildman–Crippen LogP) is 4.15. The number of alkyl halides is 3. The molecule has 10 heteroatoms. The molecule has 2 heterocycles. The lowest BCUT2D eigenvalue weighted by Gasteiger charge is -2.24. The minimum atomic E-state index is -4.40. The van der Waals surface area contributed by atoms with Crippen LogP contribution in [0.4, 0.5) is 18.0 Å². The Kier molecular flexibility index (Phi) is 6.27. The number of aromatic nitrogens is 2. The number of hydrogen-bond donors (Lipinski definition) is 0. The number of halogens is 3. The van der Waals surface area contributed by atoms with E-state index in [0.717, 1.165) is 12.1 Å². The topological polar surface area (TPSA) is 80.4 Å². The number of carbonyl (C=O) groups excluding carboxylic acids is 1. The second-order valence-electron chi connectivity index (χ2n) is 8.29. The summed E-state index contributed by atoms with van der Waals surface area (Å²) >= 11 is 0. The molecular formula is C21H23F3N4O3. The summed E-state index contributed by atoms with van der Waals surface area (Å²) in [6.07, 6.45) is -3.74. The Hall–Kier alpha value is -3.06. The molecule has 2 aromatic rings. The summed E-state index contributed by atoms with van der Waals surface area (Å²) in [5, 5.41) is 13.2. The van der Waals surface area contributed by atoms with E-state index in [1.807, 2.05) is 6.07 Å². The van der Waals surface area contributed by atoms with E-state index in [4.69, 9.17) is 14.7 Å². The molecule has 0 bridgehead atoms. The van der Waals surface area contributed by atoms with Crippen molar-refractivity contribution in [2.75, 3.05) is 13.1 Å². The Morgan fingerprint density at radius 1 is 1.19 bits per heavy atom. The van der Waals surface area contributed by atoms with Crippen LogP contribution in [0.5, 0.6) is 0 Å². The summed E-state index contributed by atoms with van der Waals surface area (Å²) in [6.45, 7) is 5.85. The smallest absolute Gasteiger partial charge is 0.416 e. The molecule has 0 aliphatic carbocycles. The molecule has 0 saturated carbocycles. The van der Waals surface area contributed by atoms with Gasteiger partial charge in [0.25, 0.3) is 0 Å². The van der Waals surface area contributed by atoms with Gasteiger partial charge < -0.3 is 14.4 Å². The lowest BCUT2D eigenvalue weighted by molar-refractivity contribution is -0.137. The fraction of sp³-hybridized carbons (Fsp3) is 0.476. The number of hydrogen-bond acceptors (Lipinski definition) is 5. The van der Waals surface area contributed by atoms with Crippen molar-refractivity contribution in [3.05, 3.63) is 53.3 Å². The van der Waals surface area contributed by atoms with E-state index in [-0.39, 0.29) is 31.4 Å². The van der Waals surface area contributed by atoms with Crippen molar-refractivity contribution in [1.29, 1.82) is 5.26 Å². The number of benzene rings is 1. The number of likely N-dealkylation sites (tertiary alicyclic amines) is 1. The quantitative estimate of drug-likeness (QED) is 0.719. The summed E-state index contributed by atoms with van der Waals surface area (Å²) in [5.41, 5.74) is -0.588. The molecule has 1 aromatic heterocycles. The van der Waals surface area contributed by atoms with Gasteiger partial charge in [0.05, 0.1) is 30.9 Å². The van der Waals surface area contributed by atoms with E-state index in [1.165, 1.54) is 17.0 Å². The molecule has 31 heavy (non-hydrogen) atoms. The fourth-order valence-electron chi connectivity index (χ4n) is 3.23. The molecule has 0 spiro atoms. The van der Waals surface area contributed by atoms with Crippen molar-refractivity contribution in [2.24, 2.45) is 0 Å². The summed E-state index contributed by atoms with van der Waals surface area (Å²) in [6, 6.07) is 7.87. The van der Waals surface area contributed by atoms with Crippen molar-refractivity contribution in [2.45, 2.75) is 51.3 Å². The maximum absolute atomic E-state index is 12.7. The van der Waals surface area contributed by atoms with E-state index in [1.54, 1.807) is 37.7 Å². The van der Waals surface area contributed by atoms with Crippen LogP contribution in [0, 0.1) is 11.3 Å². The van der Waals surface area contributed by atoms with Gasteiger partial charge in [0, 0.05) is 12.7 Å². The van der Waals surface area contributed by atoms with Gasteiger partial charge >= 0.3 is 12.3 Å². The van der Waals surface area contributed by atoms with Gasteiger partial charge in [-0.05, 0) is 44.5 Å². The van der Waals surface area contributed by atoms with E-state index >= 15 is 0 Å². The normalized spacial score (nSPS) is 19.3. The Morgan fingerprint density at radius 2 is 1.87 bits per heavy atom. The maximum atomic E-state index is 12.7. The summed E-state index contributed by atoms with van der Waals surface area (Å²) in [4.78, 5) is 14.0. The van der Waals surface area contributed by atoms with Gasteiger partial charge in [0.2, 0.25) is 0 Å². The zero-order valence-corrected chi connectivity index (χ0v) is 17.4. The zero-order chi connectivity index (χ0) is 22.8. The molecular weight excluding hydrogens is 413 g/mol. The first-order valence-electron chi connectivity index (χ1n) is 9.67. The first-order chi connectivity index (χ1) is 14.5. The largest absolute Gasteiger partial charge is 0.444 e. The second kappa shape index (κ2) is 8.59. The number of carbonyl (C=O) groups is 1. The SMILES string of the molecule is CC(C)(C)OC(=O)N1CC(OCc2ccc(C(F)(F)F)cc2)C(n2ccc(C#N)n2)C1. The molecule has 1 saturated heterocycles. The average Bonchev–Trinajstić information content (AvgIpc) is 3.31. The number of rotatable bonds is 4. The molecule has 7 nitrogen and oxygen atoms in total. The Morgan fingerprint density at radius 3 is 2.42 bits per heavy atom. The van der Waals surface area contributed by atoms with Crippen LogP contribution in [0.15, 0.2) is 36.5 Å². The molecule has 0 N–H and O–H groups in total. The van der Waals surface area contributed by atoms with Gasteiger partial charge in [-0.2, -0.15) is 23.5 Å². The van der Waals surface area contributed by atoms with Crippen LogP contribution in [0.1, 0.15) is 43.6 Å². The Bertz CT molecular complexity index is 958. The van der Waals surface area contributed by atoms with Crippen molar-refractivity contribution < 1.29 is 27.4 Å². The highest BCUT2D eigenvalue weighted by Crippen LogP contribution is 2.30. The number of amides is 1. The predicted molar refractivity (Wildman–Crippen MR) is 104 cm³/mol. The van der Waals surface area contributed by atoms with E-state index in [2.05, 4.69) is 5.10 Å². The number of ether oxygens (including phenoxy) is 2. The molecule has 1 aromatic carbocycles. The van der Waals surface area contributed by atoms with Crippen LogP contribution >= 0.6 is 0 Å². The van der Waals surface area contributed by atoms with Gasteiger partial charge in [0.1, 0.15) is 11.7 Å². The fourth-order valence-corrected chi connectivity index (χ4v) is 3.23. The first-order valence-corrected chi connectivity index (χ1v) is 9.67. The Balaban J connectivity index is 1.73. The van der Waals surface area contributed by atoms with Crippen molar-refractivity contribution in [3.8, 4) is 6.07 Å². The van der Waals surface area contributed by atoms with Gasteiger partial charge in [-0.15, -0.1) is 0 Å². The monoisotopic (exact) mass is 436 g/mol. The van der Waals surface area contributed by atoms with Crippen molar-refractivity contribution >= 4 is 6.09 Å². The highest BCUT2D eigenvalue weighted by molar-refractivity contribution is 5.68. The summed E-state index contributed by atoms with van der Waals surface area (Å²) in [7, 11) is 0. The van der Waals surface area contributed by atoms with Crippen molar-refractivity contribution in [3.63, 3.8) is 0 Å². The minimum Gasteiger partial charge on any atom is -0.444 e.